The average Bonchev–Trinajstić information content (AvgIpc) is 3.51. The number of rotatable bonds is 71. The fourth-order valence-corrected chi connectivity index (χ4v) is 11.8. The van der Waals surface area contributed by atoms with Gasteiger partial charge in [0.1, 0.15) is 0 Å². The number of carbonyl (C=O) groups is 2. The highest BCUT2D eigenvalue weighted by Crippen LogP contribution is 2.19. The van der Waals surface area contributed by atoms with Crippen LogP contribution in [0.1, 0.15) is 412 Å². The van der Waals surface area contributed by atoms with Crippen LogP contribution >= 0.6 is 0 Å². The van der Waals surface area contributed by atoms with E-state index in [-0.39, 0.29) is 18.5 Å². The summed E-state index contributed by atoms with van der Waals surface area (Å²) in [4.78, 5) is 24.7. The van der Waals surface area contributed by atoms with Crippen LogP contribution in [0.5, 0.6) is 0 Å². The second-order valence-electron chi connectivity index (χ2n) is 26.0. The van der Waals surface area contributed by atoms with E-state index >= 15 is 0 Å². The molecule has 0 aromatic heterocycles. The zero-order valence-electron chi connectivity index (χ0n) is 56.6. The number of hydrogen-bond donors (Lipinski definition) is 3. The third kappa shape index (κ3) is 68.9. The smallest absolute Gasteiger partial charge is 0.305 e. The van der Waals surface area contributed by atoms with Crippen molar-refractivity contribution in [2.75, 3.05) is 13.2 Å². The first kappa shape index (κ1) is 81.8. The van der Waals surface area contributed by atoms with Gasteiger partial charge in [-0.3, -0.25) is 9.59 Å². The lowest BCUT2D eigenvalue weighted by Crippen LogP contribution is -2.45. The van der Waals surface area contributed by atoms with Gasteiger partial charge < -0.3 is 20.3 Å². The van der Waals surface area contributed by atoms with Crippen LogP contribution in [-0.2, 0) is 14.3 Å². The standard InChI is InChI=1S/C78H147NO5/c1-3-5-7-9-11-13-15-17-19-21-23-24-25-26-28-31-35-38-42-46-50-54-58-62-66-70-76(81)75(74-80)79-77(82)71-67-63-59-55-51-47-43-39-36-32-29-27-30-33-37-41-45-49-53-57-61-65-69-73-84-78(83)72-68-64-60-56-52-48-44-40-34-22-20-18-16-14-12-10-8-6-4-2/h18,20,27,30,32,36,66,70,75-76,80-81H,3-17,19,21-26,28-29,31,33-35,37-65,67-69,71-74H2,1-2H3,(H,79,82)/b20-18-,30-27-,36-32-,70-66+. The molecule has 84 heavy (non-hydrogen) atoms. The number of allylic oxidation sites excluding steroid dienone is 7. The van der Waals surface area contributed by atoms with Crippen molar-refractivity contribution in [1.29, 1.82) is 0 Å². The summed E-state index contributed by atoms with van der Waals surface area (Å²) >= 11 is 0. The second-order valence-corrected chi connectivity index (χ2v) is 26.0. The molecule has 0 fully saturated rings. The van der Waals surface area contributed by atoms with E-state index in [4.69, 9.17) is 4.74 Å². The number of aliphatic hydroxyl groups excluding tert-OH is 2. The van der Waals surface area contributed by atoms with Crippen LogP contribution in [0, 0.1) is 0 Å². The Morgan fingerprint density at radius 3 is 0.917 bits per heavy atom. The molecule has 0 spiro atoms. The molecule has 0 radical (unpaired) electrons. The van der Waals surface area contributed by atoms with Crippen molar-refractivity contribution >= 4 is 11.9 Å². The van der Waals surface area contributed by atoms with E-state index < -0.39 is 12.1 Å². The Hall–Kier alpha value is -2.18. The minimum Gasteiger partial charge on any atom is -0.466 e. The van der Waals surface area contributed by atoms with Gasteiger partial charge in [-0.2, -0.15) is 0 Å². The van der Waals surface area contributed by atoms with Crippen molar-refractivity contribution in [3.63, 3.8) is 0 Å². The summed E-state index contributed by atoms with van der Waals surface area (Å²) in [5, 5.41) is 23.3. The minimum atomic E-state index is -0.854. The lowest BCUT2D eigenvalue weighted by molar-refractivity contribution is -0.143. The molecule has 6 heteroatoms. The summed E-state index contributed by atoms with van der Waals surface area (Å²) in [7, 11) is 0. The van der Waals surface area contributed by atoms with Gasteiger partial charge in [0.15, 0.2) is 0 Å². The SMILES string of the molecule is CCCCCCCC/C=C\CCCCCCCCCCCC(=O)OCCCCCCCCCCC/C=C\C/C=C\CCCCCCCCCC(=O)NC(CO)C(O)/C=C/CCCCCCCCCCCCCCCCCCCCCCCCC. The molecule has 0 aliphatic carbocycles. The number of hydrogen-bond acceptors (Lipinski definition) is 5. The Bertz CT molecular complexity index is 1400. The molecule has 0 rings (SSSR count). The molecule has 0 aliphatic heterocycles. The van der Waals surface area contributed by atoms with E-state index in [9.17, 15) is 19.8 Å². The van der Waals surface area contributed by atoms with Crippen LogP contribution in [-0.4, -0.2) is 47.4 Å². The quantitative estimate of drug-likeness (QED) is 0.0320. The maximum absolute atomic E-state index is 12.5. The van der Waals surface area contributed by atoms with Gasteiger partial charge in [0, 0.05) is 12.8 Å². The molecule has 0 bridgehead atoms. The van der Waals surface area contributed by atoms with Gasteiger partial charge in [0.2, 0.25) is 5.91 Å². The molecule has 0 aromatic carbocycles. The van der Waals surface area contributed by atoms with Crippen molar-refractivity contribution < 1.29 is 24.5 Å². The van der Waals surface area contributed by atoms with E-state index in [2.05, 4.69) is 55.6 Å². The van der Waals surface area contributed by atoms with Crippen molar-refractivity contribution in [3.05, 3.63) is 48.6 Å². The first-order valence-electron chi connectivity index (χ1n) is 37.9. The van der Waals surface area contributed by atoms with Crippen molar-refractivity contribution in [2.24, 2.45) is 0 Å². The zero-order valence-corrected chi connectivity index (χ0v) is 56.6. The molecule has 3 N–H and O–H groups in total. The second kappa shape index (κ2) is 73.3. The largest absolute Gasteiger partial charge is 0.466 e. The molecule has 494 valence electrons. The summed E-state index contributed by atoms with van der Waals surface area (Å²) in [6.07, 6.45) is 96.3. The van der Waals surface area contributed by atoms with E-state index in [0.29, 0.717) is 19.4 Å². The average molecular weight is 1180 g/mol. The van der Waals surface area contributed by atoms with Crippen LogP contribution in [0.15, 0.2) is 48.6 Å². The van der Waals surface area contributed by atoms with Crippen molar-refractivity contribution in [3.8, 4) is 0 Å². The predicted molar refractivity (Wildman–Crippen MR) is 370 cm³/mol. The van der Waals surface area contributed by atoms with E-state index in [0.717, 1.165) is 64.2 Å². The zero-order chi connectivity index (χ0) is 60.6. The third-order valence-electron chi connectivity index (χ3n) is 17.6. The number of nitrogens with one attached hydrogen (secondary N) is 1. The van der Waals surface area contributed by atoms with Gasteiger partial charge in [0.05, 0.1) is 25.4 Å². The van der Waals surface area contributed by atoms with Gasteiger partial charge >= 0.3 is 5.97 Å². The lowest BCUT2D eigenvalue weighted by atomic mass is 10.0. The predicted octanol–water partition coefficient (Wildman–Crippen LogP) is 24.8. The lowest BCUT2D eigenvalue weighted by Gasteiger charge is -2.20. The number of ether oxygens (including phenoxy) is 1. The Morgan fingerprint density at radius 1 is 0.333 bits per heavy atom. The maximum Gasteiger partial charge on any atom is 0.305 e. The fourth-order valence-electron chi connectivity index (χ4n) is 11.8. The minimum absolute atomic E-state index is 0.00670. The summed E-state index contributed by atoms with van der Waals surface area (Å²) in [5.41, 5.74) is 0. The molecular formula is C78H147NO5. The number of carbonyl (C=O) groups excluding carboxylic acids is 2. The van der Waals surface area contributed by atoms with Crippen LogP contribution in [0.25, 0.3) is 0 Å². The summed E-state index contributed by atoms with van der Waals surface area (Å²) in [6, 6.07) is -0.638. The molecular weight excluding hydrogens is 1030 g/mol. The van der Waals surface area contributed by atoms with Crippen molar-refractivity contribution in [2.45, 2.75) is 424 Å². The Morgan fingerprint density at radius 2 is 0.595 bits per heavy atom. The fraction of sp³-hybridized carbons (Fsp3) is 0.872. The summed E-state index contributed by atoms with van der Waals surface area (Å²) < 4.78 is 5.50. The van der Waals surface area contributed by atoms with Crippen molar-refractivity contribution in [1.82, 2.24) is 5.32 Å². The van der Waals surface area contributed by atoms with Crippen LogP contribution in [0.3, 0.4) is 0 Å². The van der Waals surface area contributed by atoms with Crippen LogP contribution < -0.4 is 5.32 Å². The molecule has 1 amide bonds. The Labute approximate surface area is 525 Å². The van der Waals surface area contributed by atoms with Gasteiger partial charge in [-0.1, -0.05) is 358 Å². The molecule has 2 unspecified atom stereocenters. The Balaban J connectivity index is 3.46. The topological polar surface area (TPSA) is 95.9 Å². The number of unbranched alkanes of at least 4 members (excludes halogenated alkanes) is 54. The summed E-state index contributed by atoms with van der Waals surface area (Å²) in [6.45, 7) is 4.93. The monoisotopic (exact) mass is 1180 g/mol. The molecule has 6 nitrogen and oxygen atoms in total. The van der Waals surface area contributed by atoms with Gasteiger partial charge in [-0.25, -0.2) is 0 Å². The first-order chi connectivity index (χ1) is 41.5. The highest BCUT2D eigenvalue weighted by molar-refractivity contribution is 5.76. The molecule has 0 saturated carbocycles. The number of aliphatic hydroxyl groups is 2. The van der Waals surface area contributed by atoms with Gasteiger partial charge in [0.25, 0.3) is 0 Å². The maximum atomic E-state index is 12.5. The van der Waals surface area contributed by atoms with E-state index in [1.165, 1.54) is 321 Å². The van der Waals surface area contributed by atoms with E-state index in [1.807, 2.05) is 6.08 Å². The van der Waals surface area contributed by atoms with Crippen LogP contribution in [0.2, 0.25) is 0 Å². The molecule has 0 heterocycles. The molecule has 0 saturated heterocycles. The highest BCUT2D eigenvalue weighted by atomic mass is 16.5. The van der Waals surface area contributed by atoms with E-state index in [1.54, 1.807) is 6.08 Å². The van der Waals surface area contributed by atoms with Gasteiger partial charge in [-0.05, 0) is 89.9 Å². The summed E-state index contributed by atoms with van der Waals surface area (Å²) in [5.74, 6) is -0.0679. The van der Waals surface area contributed by atoms with Crippen LogP contribution in [0.4, 0.5) is 0 Å². The Kier molecular flexibility index (Phi) is 71.4. The highest BCUT2D eigenvalue weighted by Gasteiger charge is 2.18. The third-order valence-corrected chi connectivity index (χ3v) is 17.6. The normalized spacial score (nSPS) is 12.8. The number of esters is 1. The molecule has 0 aromatic rings. The molecule has 2 atom stereocenters. The molecule has 0 aliphatic rings. The number of amides is 1. The van der Waals surface area contributed by atoms with Gasteiger partial charge in [-0.15, -0.1) is 0 Å². The first-order valence-corrected chi connectivity index (χ1v) is 37.9.